The van der Waals surface area contributed by atoms with Crippen LogP contribution >= 0.6 is 0 Å². The number of aliphatic hydroxyl groups is 1. The highest BCUT2D eigenvalue weighted by atomic mass is 32.2. The number of sulfone groups is 1. The van der Waals surface area contributed by atoms with Crippen LogP contribution in [0.25, 0.3) is 0 Å². The number of rotatable bonds is 5. The van der Waals surface area contributed by atoms with Gasteiger partial charge in [0.25, 0.3) is 0 Å². The Balaban J connectivity index is 2.62. The van der Waals surface area contributed by atoms with Gasteiger partial charge in [-0.2, -0.15) is 0 Å². The lowest BCUT2D eigenvalue weighted by atomic mass is 9.97. The molecule has 0 aromatic carbocycles. The van der Waals surface area contributed by atoms with Crippen molar-refractivity contribution in [1.82, 2.24) is 5.32 Å². The van der Waals surface area contributed by atoms with Gasteiger partial charge in [0.05, 0.1) is 17.6 Å². The predicted octanol–water partition coefficient (Wildman–Crippen LogP) is -0.749. The van der Waals surface area contributed by atoms with Crippen molar-refractivity contribution in [2.75, 3.05) is 18.1 Å². The van der Waals surface area contributed by atoms with E-state index >= 15 is 0 Å². The maximum atomic E-state index is 11.5. The van der Waals surface area contributed by atoms with Crippen LogP contribution in [0.1, 0.15) is 26.7 Å². The van der Waals surface area contributed by atoms with Crippen molar-refractivity contribution < 1.29 is 13.5 Å². The maximum absolute atomic E-state index is 11.5. The zero-order valence-electron chi connectivity index (χ0n) is 9.94. The first-order chi connectivity index (χ1) is 7.29. The summed E-state index contributed by atoms with van der Waals surface area (Å²) in [6, 6.07) is 0.0665. The number of hydrogen-bond acceptors (Lipinski definition) is 5. The van der Waals surface area contributed by atoms with E-state index in [1.807, 2.05) is 6.92 Å². The molecule has 3 atom stereocenters. The molecule has 1 saturated heterocycles. The topological polar surface area (TPSA) is 92.4 Å². The highest BCUT2D eigenvalue weighted by Crippen LogP contribution is 2.23. The highest BCUT2D eigenvalue weighted by Gasteiger charge is 2.41. The van der Waals surface area contributed by atoms with Crippen LogP contribution in [-0.4, -0.2) is 49.3 Å². The Labute approximate surface area is 97.3 Å². The normalized spacial score (nSPS) is 32.5. The van der Waals surface area contributed by atoms with E-state index in [1.165, 1.54) is 0 Å². The molecule has 4 N–H and O–H groups in total. The first kappa shape index (κ1) is 13.9. The average molecular weight is 250 g/mol. The highest BCUT2D eigenvalue weighted by molar-refractivity contribution is 7.91. The van der Waals surface area contributed by atoms with Crippen molar-refractivity contribution in [3.63, 3.8) is 0 Å². The molecule has 5 nitrogen and oxygen atoms in total. The van der Waals surface area contributed by atoms with Gasteiger partial charge in [-0.05, 0) is 26.7 Å². The first-order valence-corrected chi connectivity index (χ1v) is 7.47. The Kier molecular flexibility index (Phi) is 4.34. The molecule has 96 valence electrons. The molecule has 1 fully saturated rings. The molecule has 0 aromatic rings. The number of nitrogens with two attached hydrogens (primary N) is 1. The lowest BCUT2D eigenvalue weighted by Gasteiger charge is -2.31. The minimum Gasteiger partial charge on any atom is -0.393 e. The summed E-state index contributed by atoms with van der Waals surface area (Å²) in [6.45, 7) is 3.98. The fourth-order valence-corrected chi connectivity index (χ4v) is 4.38. The van der Waals surface area contributed by atoms with E-state index in [9.17, 15) is 13.5 Å². The smallest absolute Gasteiger partial charge is 0.152 e. The fourth-order valence-electron chi connectivity index (χ4n) is 2.34. The molecular formula is C10H22N2O3S. The van der Waals surface area contributed by atoms with Gasteiger partial charge in [-0.1, -0.05) is 0 Å². The van der Waals surface area contributed by atoms with Crippen LogP contribution in [0.4, 0.5) is 0 Å². The van der Waals surface area contributed by atoms with Gasteiger partial charge in [0, 0.05) is 18.1 Å². The third kappa shape index (κ3) is 3.69. The lowest BCUT2D eigenvalue weighted by Crippen LogP contribution is -2.55. The molecule has 3 unspecified atom stereocenters. The zero-order valence-corrected chi connectivity index (χ0v) is 10.8. The van der Waals surface area contributed by atoms with Crippen LogP contribution in [0.3, 0.4) is 0 Å². The van der Waals surface area contributed by atoms with E-state index in [2.05, 4.69) is 5.32 Å². The van der Waals surface area contributed by atoms with Crippen LogP contribution in [0, 0.1) is 0 Å². The molecular weight excluding hydrogens is 228 g/mol. The van der Waals surface area contributed by atoms with Crippen LogP contribution in [0.5, 0.6) is 0 Å². The Morgan fingerprint density at radius 2 is 2.12 bits per heavy atom. The molecule has 0 amide bonds. The second-order valence-electron chi connectivity index (χ2n) is 4.96. The molecule has 1 heterocycles. The van der Waals surface area contributed by atoms with Crippen molar-refractivity contribution >= 4 is 9.84 Å². The van der Waals surface area contributed by atoms with Crippen LogP contribution < -0.4 is 11.1 Å². The third-order valence-corrected chi connectivity index (χ3v) is 4.84. The molecule has 0 radical (unpaired) electrons. The second kappa shape index (κ2) is 5.00. The third-order valence-electron chi connectivity index (χ3n) is 3.03. The van der Waals surface area contributed by atoms with E-state index in [0.717, 1.165) is 0 Å². The van der Waals surface area contributed by atoms with Crippen molar-refractivity contribution in [3.05, 3.63) is 0 Å². The summed E-state index contributed by atoms with van der Waals surface area (Å²) >= 11 is 0. The Morgan fingerprint density at radius 1 is 1.50 bits per heavy atom. The Morgan fingerprint density at radius 3 is 2.50 bits per heavy atom. The Hall–Kier alpha value is -0.170. The summed E-state index contributed by atoms with van der Waals surface area (Å²) < 4.78 is 22.9. The maximum Gasteiger partial charge on any atom is 0.152 e. The van der Waals surface area contributed by atoms with Gasteiger partial charge >= 0.3 is 0 Å². The van der Waals surface area contributed by atoms with Gasteiger partial charge < -0.3 is 16.2 Å². The molecule has 0 aliphatic carbocycles. The summed E-state index contributed by atoms with van der Waals surface area (Å²) in [6.07, 6.45) is 0.771. The van der Waals surface area contributed by atoms with E-state index < -0.39 is 21.5 Å². The SMILES string of the molecule is CC(O)CC(C)NC1(CN)CCS(=O)(=O)C1. The van der Waals surface area contributed by atoms with Crippen molar-refractivity contribution in [1.29, 1.82) is 0 Å². The summed E-state index contributed by atoms with van der Waals surface area (Å²) in [4.78, 5) is 0. The number of nitrogens with one attached hydrogen (secondary N) is 1. The minimum atomic E-state index is -2.95. The number of aliphatic hydroxyl groups excluding tert-OH is 1. The summed E-state index contributed by atoms with van der Waals surface area (Å²) in [5.74, 6) is 0.319. The fraction of sp³-hybridized carbons (Fsp3) is 1.00. The minimum absolute atomic E-state index is 0.0665. The standard InChI is InChI=1S/C10H22N2O3S/c1-8(5-9(2)13)12-10(6-11)3-4-16(14,15)7-10/h8-9,12-13H,3-7,11H2,1-2H3. The van der Waals surface area contributed by atoms with E-state index in [1.54, 1.807) is 6.92 Å². The molecule has 6 heteroatoms. The van der Waals surface area contributed by atoms with Gasteiger partial charge in [-0.3, -0.25) is 0 Å². The Bertz CT molecular complexity index is 329. The van der Waals surface area contributed by atoms with E-state index in [0.29, 0.717) is 19.4 Å². The number of hydrogen-bond donors (Lipinski definition) is 3. The van der Waals surface area contributed by atoms with Crippen molar-refractivity contribution in [3.8, 4) is 0 Å². The van der Waals surface area contributed by atoms with Crippen LogP contribution in [0.2, 0.25) is 0 Å². The molecule has 0 saturated carbocycles. The van der Waals surface area contributed by atoms with Gasteiger partial charge in [0.2, 0.25) is 0 Å². The molecule has 16 heavy (non-hydrogen) atoms. The summed E-state index contributed by atoms with van der Waals surface area (Å²) in [5, 5.41) is 12.5. The van der Waals surface area contributed by atoms with Gasteiger partial charge in [0.1, 0.15) is 0 Å². The molecule has 1 aliphatic heterocycles. The molecule has 0 bridgehead atoms. The predicted molar refractivity (Wildman–Crippen MR) is 64.0 cm³/mol. The van der Waals surface area contributed by atoms with Gasteiger partial charge in [-0.15, -0.1) is 0 Å². The van der Waals surface area contributed by atoms with Gasteiger partial charge in [0.15, 0.2) is 9.84 Å². The quantitative estimate of drug-likeness (QED) is 0.597. The zero-order chi connectivity index (χ0) is 12.4. The van der Waals surface area contributed by atoms with Crippen LogP contribution in [-0.2, 0) is 9.84 Å². The van der Waals surface area contributed by atoms with Crippen molar-refractivity contribution in [2.24, 2.45) is 5.73 Å². The first-order valence-electron chi connectivity index (χ1n) is 5.65. The summed E-state index contributed by atoms with van der Waals surface area (Å²) in [7, 11) is -2.95. The summed E-state index contributed by atoms with van der Waals surface area (Å²) in [5.41, 5.74) is 5.19. The monoisotopic (exact) mass is 250 g/mol. The molecule has 0 aromatic heterocycles. The van der Waals surface area contributed by atoms with Crippen molar-refractivity contribution in [2.45, 2.75) is 44.4 Å². The van der Waals surface area contributed by atoms with Gasteiger partial charge in [-0.25, -0.2) is 8.42 Å². The molecule has 1 aliphatic rings. The largest absolute Gasteiger partial charge is 0.393 e. The lowest BCUT2D eigenvalue weighted by molar-refractivity contribution is 0.161. The average Bonchev–Trinajstić information content (AvgIpc) is 2.41. The van der Waals surface area contributed by atoms with Crippen LogP contribution in [0.15, 0.2) is 0 Å². The molecule has 1 rings (SSSR count). The van der Waals surface area contributed by atoms with E-state index in [4.69, 9.17) is 5.73 Å². The second-order valence-corrected chi connectivity index (χ2v) is 7.14. The molecule has 0 spiro atoms. The van der Waals surface area contributed by atoms with E-state index in [-0.39, 0.29) is 17.5 Å².